The second-order valence-corrected chi connectivity index (χ2v) is 9.34. The van der Waals surface area contributed by atoms with Gasteiger partial charge in [0.25, 0.3) is 15.9 Å². The summed E-state index contributed by atoms with van der Waals surface area (Å²) >= 11 is 0.982. The van der Waals surface area contributed by atoms with Crippen molar-refractivity contribution in [2.75, 3.05) is 16.6 Å². The van der Waals surface area contributed by atoms with Crippen LogP contribution in [0.15, 0.2) is 47.4 Å². The van der Waals surface area contributed by atoms with Gasteiger partial charge < -0.3 is 10.1 Å². The molecule has 2 N–H and O–H groups in total. The Morgan fingerprint density at radius 2 is 1.87 bits per heavy atom. The number of hydrogen-bond acceptors (Lipinski definition) is 6. The van der Waals surface area contributed by atoms with Crippen LogP contribution in [-0.2, 0) is 10.0 Å². The van der Waals surface area contributed by atoms with Crippen LogP contribution in [0.4, 0.5) is 10.8 Å². The van der Waals surface area contributed by atoms with E-state index in [2.05, 4.69) is 15.0 Å². The van der Waals surface area contributed by atoms with Gasteiger partial charge in [-0.15, -0.1) is 0 Å². The van der Waals surface area contributed by atoms with Gasteiger partial charge >= 0.3 is 0 Å². The minimum Gasteiger partial charge on any atom is -0.492 e. The molecule has 0 saturated carbocycles. The van der Waals surface area contributed by atoms with Crippen LogP contribution in [0.5, 0.6) is 5.75 Å². The number of ether oxygens (including phenoxy) is 1. The predicted molar refractivity (Wildman–Crippen MR) is 119 cm³/mol. The van der Waals surface area contributed by atoms with Crippen LogP contribution in [0.2, 0.25) is 0 Å². The highest BCUT2D eigenvalue weighted by atomic mass is 32.2. The van der Waals surface area contributed by atoms with Gasteiger partial charge in [0.15, 0.2) is 5.13 Å². The highest BCUT2D eigenvalue weighted by Crippen LogP contribution is 2.29. The Labute approximate surface area is 180 Å². The topological polar surface area (TPSA) is 97.4 Å². The summed E-state index contributed by atoms with van der Waals surface area (Å²) in [5, 5.41) is 2.94. The number of anilines is 2. The van der Waals surface area contributed by atoms with Gasteiger partial charge in [0, 0.05) is 0 Å². The van der Waals surface area contributed by atoms with Crippen molar-refractivity contribution in [2.45, 2.75) is 32.6 Å². The van der Waals surface area contributed by atoms with Gasteiger partial charge in [0.2, 0.25) is 0 Å². The Morgan fingerprint density at radius 1 is 1.13 bits per heavy atom. The van der Waals surface area contributed by atoms with E-state index in [0.29, 0.717) is 34.2 Å². The van der Waals surface area contributed by atoms with Crippen LogP contribution in [0, 0.1) is 20.8 Å². The van der Waals surface area contributed by atoms with Crippen molar-refractivity contribution in [3.63, 3.8) is 0 Å². The van der Waals surface area contributed by atoms with Gasteiger partial charge in [0.1, 0.15) is 10.6 Å². The van der Waals surface area contributed by atoms with E-state index in [0.717, 1.165) is 16.9 Å². The summed E-state index contributed by atoms with van der Waals surface area (Å²) in [6, 6.07) is 12.2. The molecule has 1 amide bonds. The fourth-order valence-corrected chi connectivity index (χ4v) is 5.28. The molecule has 0 aliphatic carbocycles. The molecule has 0 bridgehead atoms. The summed E-state index contributed by atoms with van der Waals surface area (Å²) in [7, 11) is -3.82. The van der Waals surface area contributed by atoms with Crippen LogP contribution >= 0.6 is 11.3 Å². The molecule has 2 aromatic carbocycles. The first-order chi connectivity index (χ1) is 14.2. The SMILES string of the molecule is CCOc1ccccc1NC(=O)c1sc(NS(=O)(=O)c2ccc(C)cc2C)nc1C. The van der Waals surface area contributed by atoms with Crippen molar-refractivity contribution in [1.29, 1.82) is 0 Å². The molecule has 0 saturated heterocycles. The summed E-state index contributed by atoms with van der Waals surface area (Å²) in [6.45, 7) is 7.63. The lowest BCUT2D eigenvalue weighted by Crippen LogP contribution is -2.14. The molecule has 1 aromatic heterocycles. The molecule has 0 fully saturated rings. The summed E-state index contributed by atoms with van der Waals surface area (Å²) in [4.78, 5) is 17.5. The van der Waals surface area contributed by atoms with E-state index in [1.807, 2.05) is 19.9 Å². The lowest BCUT2D eigenvalue weighted by atomic mass is 10.2. The number of rotatable bonds is 7. The Morgan fingerprint density at radius 3 is 2.57 bits per heavy atom. The Balaban J connectivity index is 1.82. The van der Waals surface area contributed by atoms with E-state index in [1.54, 1.807) is 50.2 Å². The van der Waals surface area contributed by atoms with Gasteiger partial charge in [-0.25, -0.2) is 13.4 Å². The molecular weight excluding hydrogens is 422 g/mol. The summed E-state index contributed by atoms with van der Waals surface area (Å²) in [6.07, 6.45) is 0. The number of nitrogens with zero attached hydrogens (tertiary/aromatic N) is 1. The van der Waals surface area contributed by atoms with Crippen LogP contribution in [0.3, 0.4) is 0 Å². The number of carbonyl (C=O) groups is 1. The molecule has 9 heteroatoms. The standard InChI is InChI=1S/C21H23N3O4S2/c1-5-28-17-9-7-6-8-16(17)23-20(25)19-15(4)22-21(29-19)24-30(26,27)18-11-10-13(2)12-14(18)3/h6-12H,5H2,1-4H3,(H,22,24)(H,23,25). The van der Waals surface area contributed by atoms with Crippen LogP contribution in [0.25, 0.3) is 0 Å². The van der Waals surface area contributed by atoms with E-state index in [-0.39, 0.29) is 15.9 Å². The molecule has 30 heavy (non-hydrogen) atoms. The number of carbonyl (C=O) groups excluding carboxylic acids is 1. The molecular formula is C21H23N3O4S2. The lowest BCUT2D eigenvalue weighted by Gasteiger charge is -2.10. The molecule has 0 aliphatic rings. The van der Waals surface area contributed by atoms with Crippen LogP contribution in [-0.4, -0.2) is 25.9 Å². The Kier molecular flexibility index (Phi) is 6.42. The normalized spacial score (nSPS) is 11.2. The van der Waals surface area contributed by atoms with Crippen LogP contribution < -0.4 is 14.8 Å². The molecule has 158 valence electrons. The zero-order valence-electron chi connectivity index (χ0n) is 17.1. The third-order valence-electron chi connectivity index (χ3n) is 4.28. The van der Waals surface area contributed by atoms with Gasteiger partial charge in [-0.05, 0) is 51.5 Å². The van der Waals surface area contributed by atoms with Crippen molar-refractivity contribution < 1.29 is 17.9 Å². The first-order valence-corrected chi connectivity index (χ1v) is 11.6. The third kappa shape index (κ3) is 4.80. The molecule has 0 atom stereocenters. The summed E-state index contributed by atoms with van der Waals surface area (Å²) < 4.78 is 33.5. The van der Waals surface area contributed by atoms with Gasteiger partial charge in [-0.1, -0.05) is 41.2 Å². The number of aromatic nitrogens is 1. The number of sulfonamides is 1. The maximum Gasteiger partial charge on any atom is 0.267 e. The van der Waals surface area contributed by atoms with E-state index in [9.17, 15) is 13.2 Å². The fourth-order valence-electron chi connectivity index (χ4n) is 2.95. The van der Waals surface area contributed by atoms with Crippen LogP contribution in [0.1, 0.15) is 33.4 Å². The molecule has 0 aliphatic heterocycles. The zero-order chi connectivity index (χ0) is 21.9. The lowest BCUT2D eigenvalue weighted by molar-refractivity contribution is 0.102. The number of thiazole rings is 1. The summed E-state index contributed by atoms with van der Waals surface area (Å²) in [5.74, 6) is 0.181. The fraction of sp³-hybridized carbons (Fsp3) is 0.238. The van der Waals surface area contributed by atoms with Gasteiger partial charge in [-0.3, -0.25) is 9.52 Å². The summed E-state index contributed by atoms with van der Waals surface area (Å²) in [5.41, 5.74) is 2.59. The van der Waals surface area contributed by atoms with Crippen molar-refractivity contribution in [1.82, 2.24) is 4.98 Å². The number of amides is 1. The minimum atomic E-state index is -3.82. The van der Waals surface area contributed by atoms with E-state index in [4.69, 9.17) is 4.74 Å². The molecule has 0 unspecified atom stereocenters. The first kappa shape index (κ1) is 21.8. The Hall–Kier alpha value is -2.91. The van der Waals surface area contributed by atoms with Crippen molar-refractivity contribution in [3.05, 3.63) is 64.2 Å². The number of benzene rings is 2. The number of aryl methyl sites for hydroxylation is 3. The van der Waals surface area contributed by atoms with E-state index in [1.165, 1.54) is 0 Å². The monoisotopic (exact) mass is 445 g/mol. The van der Waals surface area contributed by atoms with Crippen molar-refractivity contribution in [3.8, 4) is 5.75 Å². The van der Waals surface area contributed by atoms with E-state index < -0.39 is 10.0 Å². The molecule has 3 rings (SSSR count). The van der Waals surface area contributed by atoms with Crippen molar-refractivity contribution in [2.24, 2.45) is 0 Å². The first-order valence-electron chi connectivity index (χ1n) is 9.32. The highest BCUT2D eigenvalue weighted by molar-refractivity contribution is 7.93. The zero-order valence-corrected chi connectivity index (χ0v) is 18.8. The highest BCUT2D eigenvalue weighted by Gasteiger charge is 2.22. The Bertz CT molecular complexity index is 1190. The smallest absolute Gasteiger partial charge is 0.267 e. The number of nitrogens with one attached hydrogen (secondary N) is 2. The average molecular weight is 446 g/mol. The molecule has 7 nitrogen and oxygen atoms in total. The average Bonchev–Trinajstić information content (AvgIpc) is 3.02. The second-order valence-electron chi connectivity index (χ2n) is 6.69. The molecule has 3 aromatic rings. The largest absolute Gasteiger partial charge is 0.492 e. The third-order valence-corrected chi connectivity index (χ3v) is 6.98. The molecule has 0 radical (unpaired) electrons. The van der Waals surface area contributed by atoms with Crippen molar-refractivity contribution >= 4 is 38.1 Å². The molecule has 1 heterocycles. The minimum absolute atomic E-state index is 0.135. The molecule has 0 spiro atoms. The number of hydrogen-bond donors (Lipinski definition) is 2. The quantitative estimate of drug-likeness (QED) is 0.557. The maximum atomic E-state index is 12.8. The maximum absolute atomic E-state index is 12.8. The second kappa shape index (κ2) is 8.85. The van der Waals surface area contributed by atoms with E-state index >= 15 is 0 Å². The predicted octanol–water partition coefficient (Wildman–Crippen LogP) is 4.52. The number of para-hydroxylation sites is 2. The van der Waals surface area contributed by atoms with Gasteiger partial charge in [0.05, 0.1) is 22.9 Å². The van der Waals surface area contributed by atoms with Gasteiger partial charge in [-0.2, -0.15) is 0 Å².